The first kappa shape index (κ1) is 18.6. The molecule has 0 bridgehead atoms. The summed E-state index contributed by atoms with van der Waals surface area (Å²) in [4.78, 5) is 35.5. The Bertz CT molecular complexity index is 811. The van der Waals surface area contributed by atoms with E-state index in [0.29, 0.717) is 17.6 Å². The first-order chi connectivity index (χ1) is 12.5. The minimum absolute atomic E-state index is 0.0162. The summed E-state index contributed by atoms with van der Waals surface area (Å²) >= 11 is 1.59. The first-order valence-corrected chi connectivity index (χ1v) is 9.24. The molecule has 1 aliphatic heterocycles. The third kappa shape index (κ3) is 3.96. The van der Waals surface area contributed by atoms with Crippen molar-refractivity contribution in [3.63, 3.8) is 0 Å². The Kier molecular flexibility index (Phi) is 5.72. The zero-order chi connectivity index (χ0) is 18.7. The monoisotopic (exact) mass is 380 g/mol. The van der Waals surface area contributed by atoms with E-state index in [9.17, 15) is 9.59 Å². The van der Waals surface area contributed by atoms with Gasteiger partial charge in [0.05, 0.1) is 6.33 Å². The Morgan fingerprint density at radius 3 is 2.81 bits per heavy atom. The molecule has 140 valence electrons. The van der Waals surface area contributed by atoms with Crippen LogP contribution in [0.2, 0.25) is 0 Å². The highest BCUT2D eigenvalue weighted by Crippen LogP contribution is 2.34. The summed E-state index contributed by atoms with van der Waals surface area (Å²) in [6.45, 7) is 4.71. The number of carbonyl (C=O) groups excluding carboxylic acids is 2. The predicted octanol–water partition coefficient (Wildman–Crippen LogP) is 1.72. The van der Waals surface area contributed by atoms with Crippen LogP contribution >= 0.6 is 11.8 Å². The lowest BCUT2D eigenvalue weighted by Gasteiger charge is -2.17. The number of rotatable bonds is 6. The summed E-state index contributed by atoms with van der Waals surface area (Å²) in [6, 6.07) is 0. The van der Waals surface area contributed by atoms with Crippen LogP contribution in [-0.2, 0) is 23.8 Å². The molecule has 0 N–H and O–H groups in total. The topological polar surface area (TPSA) is 105 Å². The van der Waals surface area contributed by atoms with Gasteiger partial charge in [-0.05, 0) is 5.75 Å². The van der Waals surface area contributed by atoms with E-state index < -0.39 is 30.4 Å². The summed E-state index contributed by atoms with van der Waals surface area (Å²) in [7, 11) is 0. The Labute approximate surface area is 154 Å². The van der Waals surface area contributed by atoms with Crippen LogP contribution in [-0.4, -0.2) is 56.0 Å². The minimum atomic E-state index is -0.545. The Hall–Kier alpha value is -2.20. The number of hydrogen-bond donors (Lipinski definition) is 0. The van der Waals surface area contributed by atoms with Crippen molar-refractivity contribution in [2.24, 2.45) is 0 Å². The Balaban J connectivity index is 1.84. The molecule has 9 nitrogen and oxygen atoms in total. The van der Waals surface area contributed by atoms with Crippen LogP contribution in [0.25, 0.3) is 11.2 Å². The highest BCUT2D eigenvalue weighted by molar-refractivity contribution is 7.99. The fourth-order valence-electron chi connectivity index (χ4n) is 2.84. The Morgan fingerprint density at radius 1 is 1.31 bits per heavy atom. The second-order valence-electron chi connectivity index (χ2n) is 5.75. The molecule has 26 heavy (non-hydrogen) atoms. The maximum atomic E-state index is 11.4. The van der Waals surface area contributed by atoms with Gasteiger partial charge in [-0.15, -0.1) is 11.8 Å². The number of nitrogens with zero attached hydrogens (tertiary/aromatic N) is 4. The van der Waals surface area contributed by atoms with Crippen LogP contribution in [0, 0.1) is 0 Å². The predicted molar refractivity (Wildman–Crippen MR) is 92.4 cm³/mol. The molecule has 3 atom stereocenters. The van der Waals surface area contributed by atoms with Crippen molar-refractivity contribution in [1.82, 2.24) is 19.5 Å². The fourth-order valence-corrected chi connectivity index (χ4v) is 3.52. The van der Waals surface area contributed by atoms with Crippen LogP contribution in [0.4, 0.5) is 0 Å². The van der Waals surface area contributed by atoms with Gasteiger partial charge in [-0.3, -0.25) is 14.2 Å². The maximum absolute atomic E-state index is 11.4. The lowest BCUT2D eigenvalue weighted by molar-refractivity contribution is -0.155. The smallest absolute Gasteiger partial charge is 0.303 e. The molecule has 2 aromatic heterocycles. The van der Waals surface area contributed by atoms with Gasteiger partial charge < -0.3 is 14.2 Å². The molecule has 0 saturated carbocycles. The van der Waals surface area contributed by atoms with Gasteiger partial charge in [0.25, 0.3) is 0 Å². The molecule has 1 fully saturated rings. The number of hydrogen-bond acceptors (Lipinski definition) is 9. The average Bonchev–Trinajstić information content (AvgIpc) is 3.17. The molecule has 0 amide bonds. The normalized spacial score (nSPS) is 22.5. The molecule has 2 aromatic rings. The third-order valence-corrected chi connectivity index (χ3v) is 4.73. The standard InChI is InChI=1S/C16H20N4O5S/c1-4-26-16-14-15(17-7-18-16)20(8-19-14)13-5-11(24-10(3)22)12(25-13)6-23-9(2)21/h7-8,11-13H,4-6H2,1-3H3/t11-,12+,13+/m0/s1. The molecule has 0 aromatic carbocycles. The maximum Gasteiger partial charge on any atom is 0.303 e. The summed E-state index contributed by atoms with van der Waals surface area (Å²) in [6.07, 6.45) is 2.06. The molecule has 0 unspecified atom stereocenters. The summed E-state index contributed by atoms with van der Waals surface area (Å²) < 4.78 is 18.1. The zero-order valence-corrected chi connectivity index (χ0v) is 15.6. The lowest BCUT2D eigenvalue weighted by atomic mass is 10.2. The van der Waals surface area contributed by atoms with Gasteiger partial charge in [0.15, 0.2) is 5.65 Å². The van der Waals surface area contributed by atoms with E-state index in [-0.39, 0.29) is 6.61 Å². The van der Waals surface area contributed by atoms with Crippen molar-refractivity contribution in [2.45, 2.75) is 50.7 Å². The summed E-state index contributed by atoms with van der Waals surface area (Å²) in [5, 5.41) is 0.808. The van der Waals surface area contributed by atoms with E-state index >= 15 is 0 Å². The van der Waals surface area contributed by atoms with Crippen molar-refractivity contribution >= 4 is 34.9 Å². The first-order valence-electron chi connectivity index (χ1n) is 8.26. The number of fused-ring (bicyclic) bond motifs is 1. The van der Waals surface area contributed by atoms with Crippen LogP contribution in [0.15, 0.2) is 17.7 Å². The number of imidazole rings is 1. The van der Waals surface area contributed by atoms with E-state index in [4.69, 9.17) is 14.2 Å². The number of esters is 2. The molecular formula is C16H20N4O5S. The van der Waals surface area contributed by atoms with Gasteiger partial charge in [0.2, 0.25) is 0 Å². The zero-order valence-electron chi connectivity index (χ0n) is 14.7. The van der Waals surface area contributed by atoms with Crippen molar-refractivity contribution < 1.29 is 23.8 Å². The highest BCUT2D eigenvalue weighted by Gasteiger charge is 2.40. The van der Waals surface area contributed by atoms with Crippen LogP contribution in [0.5, 0.6) is 0 Å². The van der Waals surface area contributed by atoms with E-state index in [1.807, 2.05) is 6.92 Å². The van der Waals surface area contributed by atoms with E-state index in [0.717, 1.165) is 10.8 Å². The van der Waals surface area contributed by atoms with Crippen molar-refractivity contribution in [3.8, 4) is 0 Å². The quantitative estimate of drug-likeness (QED) is 0.421. The van der Waals surface area contributed by atoms with Crippen molar-refractivity contribution in [1.29, 1.82) is 0 Å². The second-order valence-corrected chi connectivity index (χ2v) is 7.00. The summed E-state index contributed by atoms with van der Waals surface area (Å²) in [5.74, 6) is 0.0462. The number of aromatic nitrogens is 4. The van der Waals surface area contributed by atoms with Crippen molar-refractivity contribution in [3.05, 3.63) is 12.7 Å². The van der Waals surface area contributed by atoms with Crippen LogP contribution in [0.3, 0.4) is 0 Å². The Morgan fingerprint density at radius 2 is 2.12 bits per heavy atom. The third-order valence-electron chi connectivity index (χ3n) is 3.87. The molecular weight excluding hydrogens is 360 g/mol. The van der Waals surface area contributed by atoms with Crippen LogP contribution < -0.4 is 0 Å². The van der Waals surface area contributed by atoms with Gasteiger partial charge >= 0.3 is 11.9 Å². The SMILES string of the molecule is CCSc1ncnc2c1ncn2[C@H]1C[C@H](OC(C)=O)[C@@H](COC(C)=O)O1. The molecule has 1 aliphatic rings. The summed E-state index contributed by atoms with van der Waals surface area (Å²) in [5.41, 5.74) is 1.35. The number of thioether (sulfide) groups is 1. The van der Waals surface area contributed by atoms with E-state index in [1.54, 1.807) is 22.7 Å². The van der Waals surface area contributed by atoms with Crippen molar-refractivity contribution in [2.75, 3.05) is 12.4 Å². The second kappa shape index (κ2) is 8.00. The fraction of sp³-hybridized carbons (Fsp3) is 0.562. The highest BCUT2D eigenvalue weighted by atomic mass is 32.2. The number of carbonyl (C=O) groups is 2. The van der Waals surface area contributed by atoms with E-state index in [2.05, 4.69) is 15.0 Å². The van der Waals surface area contributed by atoms with Gasteiger partial charge in [0, 0.05) is 20.3 Å². The largest absolute Gasteiger partial charge is 0.463 e. The molecule has 1 saturated heterocycles. The van der Waals surface area contributed by atoms with E-state index in [1.165, 1.54) is 20.2 Å². The van der Waals surface area contributed by atoms with Gasteiger partial charge in [0.1, 0.15) is 41.9 Å². The van der Waals surface area contributed by atoms with Gasteiger partial charge in [-0.25, -0.2) is 15.0 Å². The average molecular weight is 380 g/mol. The molecule has 0 spiro atoms. The van der Waals surface area contributed by atoms with Gasteiger partial charge in [-0.2, -0.15) is 0 Å². The molecule has 3 heterocycles. The number of ether oxygens (including phenoxy) is 3. The molecule has 3 rings (SSSR count). The van der Waals surface area contributed by atoms with Gasteiger partial charge in [-0.1, -0.05) is 6.92 Å². The molecule has 10 heteroatoms. The molecule has 0 radical (unpaired) electrons. The van der Waals surface area contributed by atoms with Crippen LogP contribution in [0.1, 0.15) is 33.4 Å². The lowest BCUT2D eigenvalue weighted by Crippen LogP contribution is -2.31. The minimum Gasteiger partial charge on any atom is -0.463 e. The molecule has 0 aliphatic carbocycles.